The van der Waals surface area contributed by atoms with Gasteiger partial charge in [-0.05, 0) is 64.7 Å². The molecule has 1 amide bonds. The summed E-state index contributed by atoms with van der Waals surface area (Å²) in [5.41, 5.74) is 0.534. The zero-order chi connectivity index (χ0) is 15.6. The normalized spacial score (nSPS) is 27.5. The van der Waals surface area contributed by atoms with Crippen LogP contribution in [0.3, 0.4) is 0 Å². The van der Waals surface area contributed by atoms with Crippen LogP contribution in [0.1, 0.15) is 57.8 Å². The van der Waals surface area contributed by atoms with Gasteiger partial charge in [0, 0.05) is 18.0 Å². The smallest absolute Gasteiger partial charge is 0.223 e. The number of nitrogens with one attached hydrogen (secondary N) is 2. The van der Waals surface area contributed by atoms with Gasteiger partial charge in [0.05, 0.1) is 0 Å². The Kier molecular flexibility index (Phi) is 8.32. The first kappa shape index (κ1) is 22.0. The molecular weight excluding hydrogens is 345 g/mol. The number of piperidine rings is 1. The summed E-state index contributed by atoms with van der Waals surface area (Å²) in [5.74, 6) is 0.618. The Balaban J connectivity index is 0.00000144. The van der Waals surface area contributed by atoms with Crippen LogP contribution in [0.15, 0.2) is 0 Å². The fourth-order valence-corrected chi connectivity index (χ4v) is 4.74. The van der Waals surface area contributed by atoms with E-state index >= 15 is 0 Å². The van der Waals surface area contributed by atoms with Crippen LogP contribution in [0.5, 0.6) is 0 Å². The van der Waals surface area contributed by atoms with Crippen LogP contribution in [0, 0.1) is 11.3 Å². The van der Waals surface area contributed by atoms with Crippen molar-refractivity contribution in [2.75, 3.05) is 33.7 Å². The Morgan fingerprint density at radius 3 is 2.17 bits per heavy atom. The third-order valence-corrected chi connectivity index (χ3v) is 6.68. The summed E-state index contributed by atoms with van der Waals surface area (Å²) in [5, 5.41) is 6.75. The van der Waals surface area contributed by atoms with E-state index in [1.165, 1.54) is 51.4 Å². The molecule has 142 valence electrons. The lowest BCUT2D eigenvalue weighted by molar-refractivity contribution is -0.124. The third-order valence-electron chi connectivity index (χ3n) is 6.68. The average molecular weight is 380 g/mol. The second-order valence-corrected chi connectivity index (χ2v) is 8.12. The fraction of sp³-hybridized carbons (Fsp3) is 0.944. The minimum Gasteiger partial charge on any atom is -0.354 e. The molecule has 1 saturated heterocycles. The van der Waals surface area contributed by atoms with E-state index in [-0.39, 0.29) is 30.4 Å². The van der Waals surface area contributed by atoms with Crippen molar-refractivity contribution in [3.05, 3.63) is 0 Å². The summed E-state index contributed by atoms with van der Waals surface area (Å²) in [6.45, 7) is 3.01. The summed E-state index contributed by atoms with van der Waals surface area (Å²) >= 11 is 0. The van der Waals surface area contributed by atoms with Crippen molar-refractivity contribution >= 4 is 30.7 Å². The molecular formula is C18H35Cl2N3O. The summed E-state index contributed by atoms with van der Waals surface area (Å²) in [6, 6.07) is 0. The van der Waals surface area contributed by atoms with Crippen molar-refractivity contribution in [1.29, 1.82) is 0 Å². The summed E-state index contributed by atoms with van der Waals surface area (Å²) in [7, 11) is 4.37. The van der Waals surface area contributed by atoms with Gasteiger partial charge < -0.3 is 15.5 Å². The second-order valence-electron chi connectivity index (χ2n) is 8.12. The first-order chi connectivity index (χ1) is 10.6. The molecule has 2 N–H and O–H groups in total. The molecule has 1 atom stereocenters. The molecule has 0 bridgehead atoms. The highest BCUT2D eigenvalue weighted by Crippen LogP contribution is 2.58. The van der Waals surface area contributed by atoms with Crippen LogP contribution < -0.4 is 10.6 Å². The van der Waals surface area contributed by atoms with E-state index in [0.29, 0.717) is 17.2 Å². The van der Waals surface area contributed by atoms with Crippen LogP contribution >= 0.6 is 24.8 Å². The van der Waals surface area contributed by atoms with Crippen molar-refractivity contribution in [1.82, 2.24) is 15.5 Å². The highest BCUT2D eigenvalue weighted by atomic mass is 35.5. The molecule has 1 heterocycles. The Morgan fingerprint density at radius 2 is 1.62 bits per heavy atom. The van der Waals surface area contributed by atoms with Crippen LogP contribution in [0.25, 0.3) is 0 Å². The van der Waals surface area contributed by atoms with Crippen molar-refractivity contribution in [3.8, 4) is 0 Å². The van der Waals surface area contributed by atoms with E-state index in [4.69, 9.17) is 0 Å². The number of hydrogen-bond donors (Lipinski definition) is 2. The van der Waals surface area contributed by atoms with Crippen molar-refractivity contribution in [3.63, 3.8) is 0 Å². The molecule has 0 aromatic rings. The maximum Gasteiger partial charge on any atom is 0.223 e. The van der Waals surface area contributed by atoms with Crippen LogP contribution in [-0.4, -0.2) is 50.1 Å². The summed E-state index contributed by atoms with van der Waals surface area (Å²) in [6.07, 6.45) is 11.2. The molecule has 3 fully saturated rings. The lowest BCUT2D eigenvalue weighted by Crippen LogP contribution is -2.53. The van der Waals surface area contributed by atoms with Crippen LogP contribution in [0.4, 0.5) is 0 Å². The van der Waals surface area contributed by atoms with Crippen LogP contribution in [0.2, 0.25) is 0 Å². The molecule has 0 aromatic heterocycles. The van der Waals surface area contributed by atoms with Crippen molar-refractivity contribution < 1.29 is 4.79 Å². The monoisotopic (exact) mass is 379 g/mol. The number of carbonyl (C=O) groups is 1. The predicted molar refractivity (Wildman–Crippen MR) is 104 cm³/mol. The predicted octanol–water partition coefficient (Wildman–Crippen LogP) is 2.99. The van der Waals surface area contributed by atoms with Gasteiger partial charge in [-0.25, -0.2) is 0 Å². The van der Waals surface area contributed by atoms with Gasteiger partial charge in [-0.2, -0.15) is 0 Å². The molecule has 2 saturated carbocycles. The highest BCUT2D eigenvalue weighted by molar-refractivity contribution is 5.85. The summed E-state index contributed by atoms with van der Waals surface area (Å²) in [4.78, 5) is 15.0. The number of nitrogens with zero attached hydrogens (tertiary/aromatic N) is 1. The Labute approximate surface area is 159 Å². The number of carbonyl (C=O) groups excluding carboxylic acids is 1. The molecule has 24 heavy (non-hydrogen) atoms. The summed E-state index contributed by atoms with van der Waals surface area (Å²) < 4.78 is 0. The molecule has 1 aliphatic heterocycles. The SMILES string of the molecule is CN(C)C1(CNC(=O)C2CC23CCNCC3)CCCCCC1.Cl.Cl. The average Bonchev–Trinajstić information content (AvgIpc) is 3.25. The number of likely N-dealkylation sites (N-methyl/N-ethyl adjacent to an activating group) is 1. The Bertz CT molecular complexity index is 403. The molecule has 1 spiro atoms. The first-order valence-corrected chi connectivity index (χ1v) is 9.24. The number of halogens is 2. The van der Waals surface area contributed by atoms with Gasteiger partial charge >= 0.3 is 0 Å². The van der Waals surface area contributed by atoms with Gasteiger partial charge in [0.1, 0.15) is 0 Å². The number of rotatable bonds is 4. The molecule has 2 aliphatic carbocycles. The molecule has 6 heteroatoms. The zero-order valence-corrected chi connectivity index (χ0v) is 16.9. The van der Waals surface area contributed by atoms with E-state index in [2.05, 4.69) is 29.6 Å². The van der Waals surface area contributed by atoms with Gasteiger partial charge in [0.2, 0.25) is 5.91 Å². The van der Waals surface area contributed by atoms with E-state index in [9.17, 15) is 4.79 Å². The largest absolute Gasteiger partial charge is 0.354 e. The molecule has 1 unspecified atom stereocenters. The van der Waals surface area contributed by atoms with E-state index in [0.717, 1.165) is 26.1 Å². The fourth-order valence-electron chi connectivity index (χ4n) is 4.74. The zero-order valence-electron chi connectivity index (χ0n) is 15.2. The van der Waals surface area contributed by atoms with Crippen molar-refractivity contribution in [2.24, 2.45) is 11.3 Å². The molecule has 3 rings (SSSR count). The topological polar surface area (TPSA) is 44.4 Å². The van der Waals surface area contributed by atoms with Gasteiger partial charge in [-0.3, -0.25) is 4.79 Å². The molecule has 4 nitrogen and oxygen atoms in total. The van der Waals surface area contributed by atoms with E-state index in [1.54, 1.807) is 0 Å². The lowest BCUT2D eigenvalue weighted by atomic mass is 9.88. The second kappa shape index (κ2) is 9.07. The van der Waals surface area contributed by atoms with Gasteiger partial charge in [-0.1, -0.05) is 25.7 Å². The van der Waals surface area contributed by atoms with E-state index < -0.39 is 0 Å². The molecule has 3 aliphatic rings. The van der Waals surface area contributed by atoms with Crippen LogP contribution in [-0.2, 0) is 4.79 Å². The third kappa shape index (κ3) is 4.57. The lowest BCUT2D eigenvalue weighted by Gasteiger charge is -2.40. The maximum absolute atomic E-state index is 12.6. The minimum absolute atomic E-state index is 0. The number of hydrogen-bond acceptors (Lipinski definition) is 3. The van der Waals surface area contributed by atoms with Crippen molar-refractivity contribution in [2.45, 2.75) is 63.3 Å². The Morgan fingerprint density at radius 1 is 1.04 bits per heavy atom. The Hall–Kier alpha value is -0.0300. The quantitative estimate of drug-likeness (QED) is 0.737. The molecule has 0 radical (unpaired) electrons. The minimum atomic E-state index is 0. The standard InChI is InChI=1S/C18H33N3O.2ClH/c1-21(2)18(7-5-3-4-6-8-18)14-20-16(22)15-13-17(15)9-11-19-12-10-17;;/h15,19H,3-14H2,1-2H3,(H,20,22);2*1H. The highest BCUT2D eigenvalue weighted by Gasteiger charge is 2.57. The first-order valence-electron chi connectivity index (χ1n) is 9.24. The van der Waals surface area contributed by atoms with Gasteiger partial charge in [-0.15, -0.1) is 24.8 Å². The van der Waals surface area contributed by atoms with E-state index in [1.807, 2.05) is 0 Å². The number of amides is 1. The van der Waals surface area contributed by atoms with Gasteiger partial charge in [0.15, 0.2) is 0 Å². The maximum atomic E-state index is 12.6. The molecule has 0 aromatic carbocycles. The van der Waals surface area contributed by atoms with Gasteiger partial charge in [0.25, 0.3) is 0 Å².